The number of benzene rings is 2. The number of nitrogens with one attached hydrogen (secondary N) is 1. The zero-order valence-corrected chi connectivity index (χ0v) is 15.7. The predicted octanol–water partition coefficient (Wildman–Crippen LogP) is 2.92. The van der Waals surface area contributed by atoms with Crippen molar-refractivity contribution in [1.29, 1.82) is 0 Å². The molecule has 0 aliphatic rings. The molecule has 2 aromatic rings. The van der Waals surface area contributed by atoms with Crippen LogP contribution in [0.4, 0.5) is 14.5 Å². The van der Waals surface area contributed by atoms with Crippen LogP contribution in [0.2, 0.25) is 0 Å². The molecule has 2 aromatic carbocycles. The number of likely N-dealkylation sites (N-methyl/N-ethyl adjacent to an activating group) is 1. The van der Waals surface area contributed by atoms with E-state index in [2.05, 4.69) is 5.32 Å². The third-order valence-electron chi connectivity index (χ3n) is 3.82. The predicted molar refractivity (Wildman–Crippen MR) is 98.7 cm³/mol. The van der Waals surface area contributed by atoms with Crippen molar-refractivity contribution >= 4 is 23.5 Å². The summed E-state index contributed by atoms with van der Waals surface area (Å²) in [7, 11) is 1.38. The van der Waals surface area contributed by atoms with E-state index >= 15 is 0 Å². The van der Waals surface area contributed by atoms with Crippen LogP contribution >= 0.6 is 0 Å². The monoisotopic (exact) mass is 390 g/mol. The van der Waals surface area contributed by atoms with Gasteiger partial charge < -0.3 is 15.0 Å². The van der Waals surface area contributed by atoms with Gasteiger partial charge in [0.1, 0.15) is 11.6 Å². The molecule has 0 fully saturated rings. The summed E-state index contributed by atoms with van der Waals surface area (Å²) >= 11 is 0. The molecular formula is C20H20F2N2O4. The molecule has 1 N–H and O–H groups in total. The highest BCUT2D eigenvalue weighted by molar-refractivity contribution is 5.96. The largest absolute Gasteiger partial charge is 0.449 e. The molecule has 148 valence electrons. The van der Waals surface area contributed by atoms with Crippen LogP contribution in [-0.4, -0.2) is 42.4 Å². The normalized spacial score (nSPS) is 11.5. The summed E-state index contributed by atoms with van der Waals surface area (Å²) in [5.41, 5.74) is 1.28. The van der Waals surface area contributed by atoms with Crippen molar-refractivity contribution in [3.05, 3.63) is 65.2 Å². The van der Waals surface area contributed by atoms with Gasteiger partial charge in [-0.25, -0.2) is 13.6 Å². The minimum absolute atomic E-state index is 0.261. The third kappa shape index (κ3) is 5.87. The molecule has 0 spiro atoms. The summed E-state index contributed by atoms with van der Waals surface area (Å²) in [6, 6.07) is 9.37. The van der Waals surface area contributed by atoms with E-state index in [4.69, 9.17) is 4.74 Å². The molecular weight excluding hydrogens is 370 g/mol. The molecule has 0 unspecified atom stereocenters. The summed E-state index contributed by atoms with van der Waals surface area (Å²) < 4.78 is 31.3. The Balaban J connectivity index is 1.91. The highest BCUT2D eigenvalue weighted by atomic mass is 19.1. The van der Waals surface area contributed by atoms with Gasteiger partial charge in [0.25, 0.3) is 5.91 Å². The van der Waals surface area contributed by atoms with Crippen molar-refractivity contribution in [3.8, 4) is 0 Å². The highest BCUT2D eigenvalue weighted by Crippen LogP contribution is 2.12. The minimum atomic E-state index is -1.24. The lowest BCUT2D eigenvalue weighted by Gasteiger charge is -2.21. The number of amides is 2. The van der Waals surface area contributed by atoms with Crippen molar-refractivity contribution in [1.82, 2.24) is 4.90 Å². The zero-order valence-electron chi connectivity index (χ0n) is 15.7. The lowest BCUT2D eigenvalue weighted by atomic mass is 10.2. The van der Waals surface area contributed by atoms with Gasteiger partial charge >= 0.3 is 5.97 Å². The second-order valence-corrected chi connectivity index (χ2v) is 6.31. The number of carbonyl (C=O) groups is 3. The number of halogens is 2. The van der Waals surface area contributed by atoms with Gasteiger partial charge in [-0.15, -0.1) is 0 Å². The summed E-state index contributed by atoms with van der Waals surface area (Å²) in [4.78, 5) is 37.4. The van der Waals surface area contributed by atoms with Crippen molar-refractivity contribution in [3.63, 3.8) is 0 Å². The van der Waals surface area contributed by atoms with Crippen LogP contribution in [0.5, 0.6) is 0 Å². The van der Waals surface area contributed by atoms with Crippen molar-refractivity contribution in [2.45, 2.75) is 20.0 Å². The molecule has 6 nitrogen and oxygen atoms in total. The maximum absolute atomic E-state index is 13.2. The molecule has 0 heterocycles. The molecule has 2 rings (SSSR count). The number of anilines is 1. The van der Waals surface area contributed by atoms with Gasteiger partial charge in [0.2, 0.25) is 5.91 Å². The molecule has 0 radical (unpaired) electrons. The smallest absolute Gasteiger partial charge is 0.339 e. The number of nitrogens with zero attached hydrogens (tertiary/aromatic N) is 1. The van der Waals surface area contributed by atoms with Crippen LogP contribution in [0.25, 0.3) is 0 Å². The van der Waals surface area contributed by atoms with E-state index in [0.29, 0.717) is 11.8 Å². The van der Waals surface area contributed by atoms with Gasteiger partial charge in [-0.05, 0) is 38.1 Å². The summed E-state index contributed by atoms with van der Waals surface area (Å²) in [6.45, 7) is 2.96. The van der Waals surface area contributed by atoms with Crippen molar-refractivity contribution in [2.24, 2.45) is 0 Å². The lowest BCUT2D eigenvalue weighted by molar-refractivity contribution is -0.140. The second-order valence-electron chi connectivity index (χ2n) is 6.31. The first-order valence-corrected chi connectivity index (χ1v) is 8.44. The molecule has 0 aromatic heterocycles. The Hall–Kier alpha value is -3.29. The number of hydrogen-bond donors (Lipinski definition) is 1. The Kier molecular flexibility index (Phi) is 6.81. The first-order valence-electron chi connectivity index (χ1n) is 8.44. The van der Waals surface area contributed by atoms with E-state index in [1.807, 2.05) is 19.1 Å². The van der Waals surface area contributed by atoms with E-state index in [-0.39, 0.29) is 12.1 Å². The fraction of sp³-hybridized carbons (Fsp3) is 0.250. The number of aryl methyl sites for hydroxylation is 1. The zero-order chi connectivity index (χ0) is 20.8. The van der Waals surface area contributed by atoms with Crippen molar-refractivity contribution in [2.75, 3.05) is 18.9 Å². The van der Waals surface area contributed by atoms with Crippen LogP contribution < -0.4 is 5.32 Å². The molecule has 0 bridgehead atoms. The first-order chi connectivity index (χ1) is 13.2. The van der Waals surface area contributed by atoms with Crippen LogP contribution in [0.3, 0.4) is 0 Å². The number of hydrogen-bond acceptors (Lipinski definition) is 4. The van der Waals surface area contributed by atoms with E-state index < -0.39 is 35.5 Å². The Morgan fingerprint density at radius 2 is 1.64 bits per heavy atom. The van der Waals surface area contributed by atoms with Gasteiger partial charge in [0, 0.05) is 18.8 Å². The molecule has 0 saturated carbocycles. The molecule has 8 heteroatoms. The van der Waals surface area contributed by atoms with E-state index in [9.17, 15) is 23.2 Å². The van der Waals surface area contributed by atoms with E-state index in [1.165, 1.54) is 14.0 Å². The fourth-order valence-corrected chi connectivity index (χ4v) is 2.39. The number of carbonyl (C=O) groups excluding carboxylic acids is 3. The van der Waals surface area contributed by atoms with Gasteiger partial charge in [0.05, 0.1) is 12.1 Å². The third-order valence-corrected chi connectivity index (χ3v) is 3.82. The fourth-order valence-electron chi connectivity index (χ4n) is 2.39. The van der Waals surface area contributed by atoms with Gasteiger partial charge in [0.15, 0.2) is 6.10 Å². The van der Waals surface area contributed by atoms with Crippen LogP contribution in [-0.2, 0) is 14.3 Å². The highest BCUT2D eigenvalue weighted by Gasteiger charge is 2.24. The number of rotatable bonds is 6. The maximum atomic E-state index is 13.2. The SMILES string of the molecule is Cc1ccc(NC(=O)CN(C)C(=O)[C@@H](C)OC(=O)c2cc(F)cc(F)c2)cc1. The van der Waals surface area contributed by atoms with Crippen LogP contribution in [0.15, 0.2) is 42.5 Å². The Bertz CT molecular complexity index is 864. The molecule has 2 amide bonds. The summed E-state index contributed by atoms with van der Waals surface area (Å²) in [5, 5.41) is 2.65. The molecule has 0 aliphatic heterocycles. The maximum Gasteiger partial charge on any atom is 0.339 e. The Morgan fingerprint density at radius 3 is 2.21 bits per heavy atom. The van der Waals surface area contributed by atoms with Crippen LogP contribution in [0.1, 0.15) is 22.8 Å². The summed E-state index contributed by atoms with van der Waals surface area (Å²) in [6.07, 6.45) is -1.24. The van der Waals surface area contributed by atoms with Crippen molar-refractivity contribution < 1.29 is 27.9 Å². The Labute approximate surface area is 161 Å². The molecule has 28 heavy (non-hydrogen) atoms. The quantitative estimate of drug-likeness (QED) is 0.770. The average Bonchev–Trinajstić information content (AvgIpc) is 2.61. The van der Waals surface area contributed by atoms with Gasteiger partial charge in [-0.2, -0.15) is 0 Å². The second kappa shape index (κ2) is 9.07. The molecule has 1 atom stereocenters. The minimum Gasteiger partial charge on any atom is -0.449 e. The van der Waals surface area contributed by atoms with E-state index in [1.54, 1.807) is 12.1 Å². The molecule has 0 aliphatic carbocycles. The first kappa shape index (κ1) is 21.0. The van der Waals surface area contributed by atoms with Gasteiger partial charge in [-0.3, -0.25) is 9.59 Å². The molecule has 0 saturated heterocycles. The number of esters is 1. The lowest BCUT2D eigenvalue weighted by Crippen LogP contribution is -2.41. The van der Waals surface area contributed by atoms with Crippen LogP contribution in [0, 0.1) is 18.6 Å². The average molecular weight is 390 g/mol. The number of ether oxygens (including phenoxy) is 1. The topological polar surface area (TPSA) is 75.7 Å². The standard InChI is InChI=1S/C20H20F2N2O4/c1-12-4-6-17(7-5-12)23-18(25)11-24(3)19(26)13(2)28-20(27)14-8-15(21)10-16(22)9-14/h4-10,13H,11H2,1-3H3,(H,23,25)/t13-/m1/s1. The van der Waals surface area contributed by atoms with Gasteiger partial charge in [-0.1, -0.05) is 17.7 Å². The van der Waals surface area contributed by atoms with E-state index in [0.717, 1.165) is 22.6 Å². The summed E-state index contributed by atoms with van der Waals surface area (Å²) in [5.74, 6) is -3.97. The Morgan fingerprint density at radius 1 is 1.07 bits per heavy atom.